The number of aromatic nitrogens is 2. The summed E-state index contributed by atoms with van der Waals surface area (Å²) < 4.78 is 4.87. The second-order valence-corrected chi connectivity index (χ2v) is 2.53. The summed E-state index contributed by atoms with van der Waals surface area (Å²) in [5.74, 6) is -0.269. The third-order valence-electron chi connectivity index (χ3n) is 1.60. The molecule has 0 aromatic carbocycles. The van der Waals surface area contributed by atoms with Gasteiger partial charge in [-0.2, -0.15) is 0 Å². The normalized spacial score (nSPS) is 9.71. The summed E-state index contributed by atoms with van der Waals surface area (Å²) >= 11 is 0. The molecule has 1 N–H and O–H groups in total. The SMILES string of the molecule is O=C(Nc1ncco1)c1ccncc1. The van der Waals surface area contributed by atoms with Crippen molar-refractivity contribution in [3.05, 3.63) is 42.5 Å². The molecule has 2 aromatic rings. The second-order valence-electron chi connectivity index (χ2n) is 2.53. The third-order valence-corrected chi connectivity index (χ3v) is 1.60. The van der Waals surface area contributed by atoms with E-state index in [0.29, 0.717) is 5.56 Å². The van der Waals surface area contributed by atoms with E-state index >= 15 is 0 Å². The fraction of sp³-hybridized carbons (Fsp3) is 0. The molecule has 0 saturated carbocycles. The summed E-state index contributed by atoms with van der Waals surface area (Å²) in [6.45, 7) is 0. The van der Waals surface area contributed by atoms with E-state index in [2.05, 4.69) is 15.3 Å². The van der Waals surface area contributed by atoms with E-state index in [0.717, 1.165) is 0 Å². The highest BCUT2D eigenvalue weighted by atomic mass is 16.4. The Balaban J connectivity index is 2.11. The minimum absolute atomic E-state index is 0.187. The smallest absolute Gasteiger partial charge is 0.301 e. The molecule has 0 saturated heterocycles. The second kappa shape index (κ2) is 3.69. The van der Waals surface area contributed by atoms with E-state index < -0.39 is 0 Å². The summed E-state index contributed by atoms with van der Waals surface area (Å²) in [5, 5.41) is 2.49. The van der Waals surface area contributed by atoms with Crippen LogP contribution >= 0.6 is 0 Å². The number of nitrogens with one attached hydrogen (secondary N) is 1. The average Bonchev–Trinajstić information content (AvgIpc) is 2.72. The van der Waals surface area contributed by atoms with Crippen molar-refractivity contribution in [1.82, 2.24) is 9.97 Å². The lowest BCUT2D eigenvalue weighted by atomic mass is 10.2. The Morgan fingerprint density at radius 1 is 1.29 bits per heavy atom. The quantitative estimate of drug-likeness (QED) is 0.773. The number of carbonyl (C=O) groups excluding carboxylic acids is 1. The zero-order valence-corrected chi connectivity index (χ0v) is 7.18. The van der Waals surface area contributed by atoms with Crippen LogP contribution in [0.2, 0.25) is 0 Å². The molecule has 0 bridgehead atoms. The lowest BCUT2D eigenvalue weighted by Gasteiger charge is -1.98. The van der Waals surface area contributed by atoms with Crippen LogP contribution in [-0.4, -0.2) is 15.9 Å². The average molecular weight is 189 g/mol. The van der Waals surface area contributed by atoms with Crippen molar-refractivity contribution >= 4 is 11.9 Å². The fourth-order valence-corrected chi connectivity index (χ4v) is 0.958. The van der Waals surface area contributed by atoms with Gasteiger partial charge in [0.15, 0.2) is 0 Å². The summed E-state index contributed by atoms with van der Waals surface area (Å²) in [5.41, 5.74) is 0.512. The van der Waals surface area contributed by atoms with E-state index in [1.165, 1.54) is 12.5 Å². The molecule has 0 aliphatic carbocycles. The zero-order valence-electron chi connectivity index (χ0n) is 7.18. The van der Waals surface area contributed by atoms with Gasteiger partial charge in [0.05, 0.1) is 6.20 Å². The van der Waals surface area contributed by atoms with Crippen LogP contribution < -0.4 is 5.32 Å². The van der Waals surface area contributed by atoms with Gasteiger partial charge in [-0.05, 0) is 12.1 Å². The Kier molecular flexibility index (Phi) is 2.22. The van der Waals surface area contributed by atoms with Crippen molar-refractivity contribution in [1.29, 1.82) is 0 Å². The van der Waals surface area contributed by atoms with E-state index in [-0.39, 0.29) is 11.9 Å². The van der Waals surface area contributed by atoms with Gasteiger partial charge in [-0.25, -0.2) is 4.98 Å². The minimum Gasteiger partial charge on any atom is -0.432 e. The maximum atomic E-state index is 11.5. The molecule has 2 aromatic heterocycles. The van der Waals surface area contributed by atoms with Crippen LogP contribution in [-0.2, 0) is 0 Å². The topological polar surface area (TPSA) is 68.0 Å². The van der Waals surface area contributed by atoms with Crippen molar-refractivity contribution in [2.24, 2.45) is 0 Å². The lowest BCUT2D eigenvalue weighted by Crippen LogP contribution is -2.11. The highest BCUT2D eigenvalue weighted by molar-refractivity contribution is 6.02. The first-order valence-electron chi connectivity index (χ1n) is 3.97. The molecule has 0 aliphatic rings. The predicted octanol–water partition coefficient (Wildman–Crippen LogP) is 1.32. The number of hydrogen-bond acceptors (Lipinski definition) is 4. The molecule has 14 heavy (non-hydrogen) atoms. The molecule has 70 valence electrons. The van der Waals surface area contributed by atoms with Crippen molar-refractivity contribution < 1.29 is 9.21 Å². The van der Waals surface area contributed by atoms with Crippen LogP contribution in [0.4, 0.5) is 6.01 Å². The minimum atomic E-state index is -0.269. The molecule has 0 atom stereocenters. The number of amides is 1. The Labute approximate surface area is 79.8 Å². The monoisotopic (exact) mass is 189 g/mol. The standard InChI is InChI=1S/C9H7N3O2/c13-8(7-1-3-10-4-2-7)12-9-11-5-6-14-9/h1-6H,(H,11,12,13). The number of carbonyl (C=O) groups is 1. The van der Waals surface area contributed by atoms with Gasteiger partial charge < -0.3 is 4.42 Å². The van der Waals surface area contributed by atoms with Gasteiger partial charge >= 0.3 is 6.01 Å². The van der Waals surface area contributed by atoms with Crippen LogP contribution in [0, 0.1) is 0 Å². The van der Waals surface area contributed by atoms with Gasteiger partial charge in [0, 0.05) is 18.0 Å². The Bertz CT molecular complexity index is 411. The number of hydrogen-bond donors (Lipinski definition) is 1. The first-order valence-corrected chi connectivity index (χ1v) is 3.97. The Morgan fingerprint density at radius 3 is 2.71 bits per heavy atom. The molecule has 1 amide bonds. The van der Waals surface area contributed by atoms with Crippen molar-refractivity contribution in [2.75, 3.05) is 5.32 Å². The number of pyridine rings is 1. The Hall–Kier alpha value is -2.17. The number of nitrogens with zero attached hydrogens (tertiary/aromatic N) is 2. The summed E-state index contributed by atoms with van der Waals surface area (Å²) in [6.07, 6.45) is 5.94. The van der Waals surface area contributed by atoms with Gasteiger partial charge in [0.25, 0.3) is 5.91 Å². The molecule has 0 spiro atoms. The molecular formula is C9H7N3O2. The van der Waals surface area contributed by atoms with Gasteiger partial charge in [-0.15, -0.1) is 0 Å². The highest BCUT2D eigenvalue weighted by Crippen LogP contribution is 2.04. The van der Waals surface area contributed by atoms with Gasteiger partial charge in [-0.1, -0.05) is 0 Å². The van der Waals surface area contributed by atoms with Crippen molar-refractivity contribution in [3.63, 3.8) is 0 Å². The summed E-state index contributed by atoms with van der Waals surface area (Å²) in [7, 11) is 0. The molecular weight excluding hydrogens is 182 g/mol. The van der Waals surface area contributed by atoms with E-state index in [4.69, 9.17) is 4.42 Å². The lowest BCUT2D eigenvalue weighted by molar-refractivity contribution is 0.102. The van der Waals surface area contributed by atoms with E-state index in [9.17, 15) is 4.79 Å². The molecule has 2 rings (SSSR count). The van der Waals surface area contributed by atoms with Crippen molar-refractivity contribution in [2.45, 2.75) is 0 Å². The maximum Gasteiger partial charge on any atom is 0.301 e. The van der Waals surface area contributed by atoms with Gasteiger partial charge in [0.1, 0.15) is 6.26 Å². The molecule has 0 aliphatic heterocycles. The largest absolute Gasteiger partial charge is 0.432 e. The van der Waals surface area contributed by atoms with E-state index in [1.54, 1.807) is 24.5 Å². The molecule has 0 radical (unpaired) electrons. The molecule has 5 nitrogen and oxygen atoms in total. The zero-order chi connectivity index (χ0) is 9.80. The van der Waals surface area contributed by atoms with E-state index in [1.807, 2.05) is 0 Å². The highest BCUT2D eigenvalue weighted by Gasteiger charge is 2.06. The predicted molar refractivity (Wildman–Crippen MR) is 48.7 cm³/mol. The fourth-order valence-electron chi connectivity index (χ4n) is 0.958. The molecule has 5 heteroatoms. The molecule has 2 heterocycles. The first kappa shape index (κ1) is 8.43. The van der Waals surface area contributed by atoms with Gasteiger partial charge in [-0.3, -0.25) is 15.1 Å². The number of anilines is 1. The summed E-state index contributed by atoms with van der Waals surface area (Å²) in [6, 6.07) is 3.41. The number of rotatable bonds is 2. The molecule has 0 unspecified atom stereocenters. The maximum absolute atomic E-state index is 11.5. The van der Waals surface area contributed by atoms with Crippen LogP contribution in [0.5, 0.6) is 0 Å². The Morgan fingerprint density at radius 2 is 2.07 bits per heavy atom. The van der Waals surface area contributed by atoms with Gasteiger partial charge in [0.2, 0.25) is 0 Å². The number of oxazole rings is 1. The first-order chi connectivity index (χ1) is 6.86. The van der Waals surface area contributed by atoms with Crippen LogP contribution in [0.25, 0.3) is 0 Å². The molecule has 0 fully saturated rings. The van der Waals surface area contributed by atoms with Crippen LogP contribution in [0.3, 0.4) is 0 Å². The van der Waals surface area contributed by atoms with Crippen LogP contribution in [0.15, 0.2) is 41.4 Å². The van der Waals surface area contributed by atoms with Crippen LogP contribution in [0.1, 0.15) is 10.4 Å². The van der Waals surface area contributed by atoms with Crippen molar-refractivity contribution in [3.8, 4) is 0 Å². The summed E-state index contributed by atoms with van der Waals surface area (Å²) in [4.78, 5) is 19.0. The third kappa shape index (κ3) is 1.77.